The number of nitrogens with two attached hydrogens (primary N) is 1. The highest BCUT2D eigenvalue weighted by Crippen LogP contribution is 2.28. The number of carbonyl (C=O) groups excluding carboxylic acids is 1. The maximum atomic E-state index is 12.6. The molecule has 1 atom stereocenters. The van der Waals surface area contributed by atoms with Crippen molar-refractivity contribution in [3.8, 4) is 6.07 Å². The minimum Gasteiger partial charge on any atom is -0.371 e. The van der Waals surface area contributed by atoms with E-state index >= 15 is 0 Å². The number of hydrogen-bond acceptors (Lipinski definition) is 4. The summed E-state index contributed by atoms with van der Waals surface area (Å²) in [4.78, 5) is 14.9. The fourth-order valence-corrected chi connectivity index (χ4v) is 4.27. The lowest BCUT2D eigenvalue weighted by Crippen LogP contribution is -2.58. The summed E-state index contributed by atoms with van der Waals surface area (Å²) < 4.78 is 0. The molecule has 1 aliphatic carbocycles. The molecule has 140 valence electrons. The standard InChI is InChI=1S/C21H30N4O/c22-16-21(11-13-25(14-12-21)18-9-5-2-6-10-18)24-20(26)19(23)15-17-7-3-1-4-8-17/h2,5-6,9-10,17,19H,1,3-4,7-8,11-15,23H2,(H,24,26). The molecule has 26 heavy (non-hydrogen) atoms. The van der Waals surface area contributed by atoms with Crippen molar-refractivity contribution in [1.82, 2.24) is 5.32 Å². The van der Waals surface area contributed by atoms with Crippen molar-refractivity contribution >= 4 is 11.6 Å². The lowest BCUT2D eigenvalue weighted by Gasteiger charge is -2.39. The highest BCUT2D eigenvalue weighted by atomic mass is 16.2. The molecule has 1 aliphatic heterocycles. The molecule has 5 heteroatoms. The van der Waals surface area contributed by atoms with Crippen molar-refractivity contribution in [3.63, 3.8) is 0 Å². The average molecular weight is 354 g/mol. The highest BCUT2D eigenvalue weighted by Gasteiger charge is 2.37. The number of nitrogens with one attached hydrogen (secondary N) is 1. The van der Waals surface area contributed by atoms with E-state index < -0.39 is 11.6 Å². The van der Waals surface area contributed by atoms with Crippen LogP contribution in [-0.2, 0) is 4.79 Å². The van der Waals surface area contributed by atoms with Crippen LogP contribution < -0.4 is 16.0 Å². The van der Waals surface area contributed by atoms with Crippen molar-refractivity contribution in [2.45, 2.75) is 62.9 Å². The Morgan fingerprint density at radius 1 is 1.23 bits per heavy atom. The summed E-state index contributed by atoms with van der Waals surface area (Å²) in [5.41, 5.74) is 6.55. The Balaban J connectivity index is 1.53. The van der Waals surface area contributed by atoms with Gasteiger partial charge >= 0.3 is 0 Å². The van der Waals surface area contributed by atoms with Crippen LogP contribution >= 0.6 is 0 Å². The average Bonchev–Trinajstić information content (AvgIpc) is 2.70. The van der Waals surface area contributed by atoms with E-state index in [1.807, 2.05) is 18.2 Å². The van der Waals surface area contributed by atoms with Gasteiger partial charge in [0.2, 0.25) is 5.91 Å². The van der Waals surface area contributed by atoms with Crippen LogP contribution in [0.25, 0.3) is 0 Å². The molecule has 1 saturated heterocycles. The number of rotatable bonds is 5. The second-order valence-electron chi connectivity index (χ2n) is 7.85. The molecule has 1 aromatic carbocycles. The molecule has 3 rings (SSSR count). The molecule has 1 unspecified atom stereocenters. The van der Waals surface area contributed by atoms with E-state index in [0.717, 1.165) is 19.5 Å². The molecule has 1 heterocycles. The largest absolute Gasteiger partial charge is 0.371 e. The number of nitriles is 1. The van der Waals surface area contributed by atoms with Crippen molar-refractivity contribution in [2.24, 2.45) is 11.7 Å². The Hall–Kier alpha value is -2.06. The zero-order valence-corrected chi connectivity index (χ0v) is 15.5. The van der Waals surface area contributed by atoms with Gasteiger partial charge in [-0.25, -0.2) is 0 Å². The molecule has 1 amide bonds. The summed E-state index contributed by atoms with van der Waals surface area (Å²) in [5.74, 6) is 0.396. The SMILES string of the molecule is N#CC1(NC(=O)C(N)CC2CCCCC2)CCN(c2ccccc2)CC1. The predicted molar refractivity (Wildman–Crippen MR) is 104 cm³/mol. The lowest BCUT2D eigenvalue weighted by atomic mass is 9.84. The summed E-state index contributed by atoms with van der Waals surface area (Å²) in [6.45, 7) is 1.52. The Kier molecular flexibility index (Phi) is 6.16. The number of hydrogen-bond donors (Lipinski definition) is 2. The number of nitrogens with zero attached hydrogens (tertiary/aromatic N) is 2. The molecule has 5 nitrogen and oxygen atoms in total. The van der Waals surface area contributed by atoms with Gasteiger partial charge in [0.05, 0.1) is 12.1 Å². The van der Waals surface area contributed by atoms with Crippen LogP contribution in [0, 0.1) is 17.2 Å². The molecular weight excluding hydrogens is 324 g/mol. The van der Waals surface area contributed by atoms with E-state index in [0.29, 0.717) is 18.8 Å². The van der Waals surface area contributed by atoms with E-state index in [2.05, 4.69) is 28.4 Å². The summed E-state index contributed by atoms with van der Waals surface area (Å²) in [6, 6.07) is 12.1. The third-order valence-electron chi connectivity index (χ3n) is 5.96. The molecule has 1 aromatic rings. The fraction of sp³-hybridized carbons (Fsp3) is 0.619. The molecule has 0 bridgehead atoms. The molecular formula is C21H30N4O. The Labute approximate surface area is 156 Å². The van der Waals surface area contributed by atoms with Crippen molar-refractivity contribution in [3.05, 3.63) is 30.3 Å². The van der Waals surface area contributed by atoms with Gasteiger partial charge in [0.25, 0.3) is 0 Å². The van der Waals surface area contributed by atoms with Crippen molar-refractivity contribution < 1.29 is 4.79 Å². The van der Waals surface area contributed by atoms with Crippen LogP contribution in [0.2, 0.25) is 0 Å². The Morgan fingerprint density at radius 2 is 1.88 bits per heavy atom. The smallest absolute Gasteiger partial charge is 0.238 e. The van der Waals surface area contributed by atoms with Crippen LogP contribution in [0.15, 0.2) is 30.3 Å². The minimum atomic E-state index is -0.785. The first-order chi connectivity index (χ1) is 12.6. The topological polar surface area (TPSA) is 82.1 Å². The molecule has 1 saturated carbocycles. The second kappa shape index (κ2) is 8.55. The van der Waals surface area contributed by atoms with Gasteiger partial charge in [-0.1, -0.05) is 50.3 Å². The molecule has 0 aromatic heterocycles. The first kappa shape index (κ1) is 18.7. The lowest BCUT2D eigenvalue weighted by molar-refractivity contribution is -0.124. The van der Waals surface area contributed by atoms with E-state index in [4.69, 9.17) is 5.73 Å². The van der Waals surface area contributed by atoms with E-state index in [1.165, 1.54) is 37.8 Å². The molecule has 2 aliphatic rings. The van der Waals surface area contributed by atoms with Gasteiger partial charge in [0.15, 0.2) is 0 Å². The highest BCUT2D eigenvalue weighted by molar-refractivity contribution is 5.82. The number of carbonyl (C=O) groups is 1. The molecule has 0 spiro atoms. The van der Waals surface area contributed by atoms with Crippen LogP contribution in [-0.4, -0.2) is 30.6 Å². The maximum absolute atomic E-state index is 12.6. The predicted octanol–water partition coefficient (Wildman–Crippen LogP) is 2.96. The van der Waals surface area contributed by atoms with E-state index in [-0.39, 0.29) is 5.91 Å². The molecule has 2 fully saturated rings. The maximum Gasteiger partial charge on any atom is 0.238 e. The van der Waals surface area contributed by atoms with E-state index in [9.17, 15) is 10.1 Å². The van der Waals surface area contributed by atoms with Crippen molar-refractivity contribution in [1.29, 1.82) is 5.26 Å². The van der Waals surface area contributed by atoms with Gasteiger partial charge in [0, 0.05) is 31.6 Å². The van der Waals surface area contributed by atoms with Crippen LogP contribution in [0.4, 0.5) is 5.69 Å². The van der Waals surface area contributed by atoms with Gasteiger partial charge in [0.1, 0.15) is 5.54 Å². The van der Waals surface area contributed by atoms with Gasteiger partial charge in [-0.05, 0) is 24.5 Å². The van der Waals surface area contributed by atoms with Crippen LogP contribution in [0.1, 0.15) is 51.4 Å². The van der Waals surface area contributed by atoms with Crippen LogP contribution in [0.5, 0.6) is 0 Å². The fourth-order valence-electron chi connectivity index (χ4n) is 4.27. The monoisotopic (exact) mass is 354 g/mol. The summed E-state index contributed by atoms with van der Waals surface area (Å²) in [7, 11) is 0. The summed E-state index contributed by atoms with van der Waals surface area (Å²) in [6.07, 6.45) is 8.14. The first-order valence-electron chi connectivity index (χ1n) is 9.91. The van der Waals surface area contributed by atoms with Crippen LogP contribution in [0.3, 0.4) is 0 Å². The number of para-hydroxylation sites is 1. The van der Waals surface area contributed by atoms with Gasteiger partial charge in [-0.3, -0.25) is 4.79 Å². The number of anilines is 1. The third-order valence-corrected chi connectivity index (χ3v) is 5.96. The second-order valence-corrected chi connectivity index (χ2v) is 7.85. The summed E-state index contributed by atoms with van der Waals surface area (Å²) in [5, 5.41) is 12.7. The summed E-state index contributed by atoms with van der Waals surface area (Å²) >= 11 is 0. The molecule has 3 N–H and O–H groups in total. The molecule has 0 radical (unpaired) electrons. The van der Waals surface area contributed by atoms with Gasteiger partial charge in [-0.15, -0.1) is 0 Å². The number of benzene rings is 1. The van der Waals surface area contributed by atoms with Gasteiger partial charge in [-0.2, -0.15) is 5.26 Å². The quantitative estimate of drug-likeness (QED) is 0.852. The van der Waals surface area contributed by atoms with E-state index in [1.54, 1.807) is 0 Å². The zero-order chi connectivity index (χ0) is 18.4. The zero-order valence-electron chi connectivity index (χ0n) is 15.5. The first-order valence-corrected chi connectivity index (χ1v) is 9.91. The third kappa shape index (κ3) is 4.56. The normalized spacial score (nSPS) is 21.6. The number of piperidine rings is 1. The Morgan fingerprint density at radius 3 is 2.50 bits per heavy atom. The van der Waals surface area contributed by atoms with Gasteiger partial charge < -0.3 is 16.0 Å². The Bertz CT molecular complexity index is 625. The van der Waals surface area contributed by atoms with Crippen molar-refractivity contribution in [2.75, 3.05) is 18.0 Å². The number of amides is 1. The minimum absolute atomic E-state index is 0.162.